The summed E-state index contributed by atoms with van der Waals surface area (Å²) in [4.78, 5) is 15.7. The molecule has 1 saturated heterocycles. The molecule has 6 heteroatoms. The molecule has 0 bridgehead atoms. The summed E-state index contributed by atoms with van der Waals surface area (Å²) >= 11 is 5.90. The van der Waals surface area contributed by atoms with Crippen LogP contribution >= 0.6 is 11.6 Å². The maximum Gasteiger partial charge on any atom is 0.328 e. The molecule has 0 radical (unpaired) electrons. The first-order chi connectivity index (χ1) is 10.6. The van der Waals surface area contributed by atoms with Crippen molar-refractivity contribution < 1.29 is 14.3 Å². The molecule has 1 aromatic heterocycles. The zero-order valence-electron chi connectivity index (χ0n) is 12.0. The molecule has 2 aromatic rings. The molecule has 0 unspecified atom stereocenters. The number of carboxylic acids is 1. The Morgan fingerprint density at radius 1 is 1.14 bits per heavy atom. The molecule has 1 aliphatic heterocycles. The van der Waals surface area contributed by atoms with Crippen molar-refractivity contribution >= 4 is 23.3 Å². The van der Waals surface area contributed by atoms with E-state index >= 15 is 0 Å². The average Bonchev–Trinajstić information content (AvgIpc) is 3.03. The van der Waals surface area contributed by atoms with Crippen molar-refractivity contribution in [2.45, 2.75) is 6.04 Å². The van der Waals surface area contributed by atoms with E-state index in [1.165, 1.54) is 6.26 Å². The van der Waals surface area contributed by atoms with E-state index < -0.39 is 12.0 Å². The first-order valence-electron chi connectivity index (χ1n) is 7.16. The average molecular weight is 321 g/mol. The molecule has 0 aliphatic carbocycles. The van der Waals surface area contributed by atoms with Crippen molar-refractivity contribution in [1.82, 2.24) is 4.90 Å². The molecule has 2 heterocycles. The Balaban J connectivity index is 1.68. The highest BCUT2D eigenvalue weighted by Crippen LogP contribution is 2.25. The second-order valence-electron chi connectivity index (χ2n) is 5.26. The monoisotopic (exact) mass is 320 g/mol. The lowest BCUT2D eigenvalue weighted by atomic mass is 10.1. The van der Waals surface area contributed by atoms with Crippen molar-refractivity contribution in [3.63, 3.8) is 0 Å². The summed E-state index contributed by atoms with van der Waals surface area (Å²) in [5.41, 5.74) is 1.11. The Morgan fingerprint density at radius 3 is 2.36 bits per heavy atom. The Morgan fingerprint density at radius 2 is 1.82 bits per heavy atom. The van der Waals surface area contributed by atoms with E-state index in [2.05, 4.69) is 4.90 Å². The quantitative estimate of drug-likeness (QED) is 0.938. The van der Waals surface area contributed by atoms with Crippen LogP contribution < -0.4 is 4.90 Å². The highest BCUT2D eigenvalue weighted by molar-refractivity contribution is 6.30. The molecule has 0 amide bonds. The highest BCUT2D eigenvalue weighted by atomic mass is 35.5. The van der Waals surface area contributed by atoms with E-state index in [1.807, 2.05) is 29.2 Å². The summed E-state index contributed by atoms with van der Waals surface area (Å²) < 4.78 is 5.28. The third kappa shape index (κ3) is 3.10. The van der Waals surface area contributed by atoms with Gasteiger partial charge in [-0.2, -0.15) is 0 Å². The molecule has 1 N–H and O–H groups in total. The first-order valence-corrected chi connectivity index (χ1v) is 7.54. The van der Waals surface area contributed by atoms with Gasteiger partial charge in [-0.15, -0.1) is 0 Å². The van der Waals surface area contributed by atoms with E-state index in [4.69, 9.17) is 16.0 Å². The number of hydrogen-bond donors (Lipinski definition) is 1. The third-order valence-corrected chi connectivity index (χ3v) is 4.17. The fourth-order valence-corrected chi connectivity index (χ4v) is 2.92. The van der Waals surface area contributed by atoms with Crippen LogP contribution in [0.15, 0.2) is 47.1 Å². The zero-order valence-corrected chi connectivity index (χ0v) is 12.7. The summed E-state index contributed by atoms with van der Waals surface area (Å²) in [7, 11) is 0. The molecule has 0 saturated carbocycles. The zero-order chi connectivity index (χ0) is 15.5. The largest absolute Gasteiger partial charge is 0.480 e. The Hall–Kier alpha value is -1.98. The molecule has 22 heavy (non-hydrogen) atoms. The van der Waals surface area contributed by atoms with Gasteiger partial charge in [0.1, 0.15) is 5.76 Å². The number of carbonyl (C=O) groups is 1. The minimum Gasteiger partial charge on any atom is -0.480 e. The van der Waals surface area contributed by atoms with Crippen LogP contribution in [0.1, 0.15) is 11.8 Å². The van der Waals surface area contributed by atoms with Gasteiger partial charge in [0.15, 0.2) is 6.04 Å². The van der Waals surface area contributed by atoms with Gasteiger partial charge in [-0.25, -0.2) is 0 Å². The Kier molecular flexibility index (Phi) is 4.36. The normalized spacial score (nSPS) is 17.4. The fourth-order valence-electron chi connectivity index (χ4n) is 2.79. The number of carboxylic acid groups (broad SMARTS) is 1. The van der Waals surface area contributed by atoms with Gasteiger partial charge in [-0.1, -0.05) is 11.6 Å². The SMILES string of the molecule is O=C(O)[C@H](c1ccco1)N1CCN(c2ccc(Cl)cc2)CC1. The number of furan rings is 1. The molecule has 3 rings (SSSR count). The number of halogens is 1. The topological polar surface area (TPSA) is 56.9 Å². The maximum absolute atomic E-state index is 11.6. The van der Waals surface area contributed by atoms with Crippen LogP contribution in [-0.2, 0) is 4.79 Å². The molecule has 1 aromatic carbocycles. The minimum atomic E-state index is -0.880. The molecule has 0 spiro atoms. The van der Waals surface area contributed by atoms with Crippen LogP contribution in [0.2, 0.25) is 5.02 Å². The van der Waals surface area contributed by atoms with Crippen LogP contribution in [0.5, 0.6) is 0 Å². The van der Waals surface area contributed by atoms with Crippen LogP contribution in [0.3, 0.4) is 0 Å². The van der Waals surface area contributed by atoms with Gasteiger partial charge >= 0.3 is 5.97 Å². The van der Waals surface area contributed by atoms with Crippen molar-refractivity contribution in [2.24, 2.45) is 0 Å². The summed E-state index contributed by atoms with van der Waals surface area (Å²) in [5.74, 6) is -0.401. The number of aliphatic carboxylic acids is 1. The third-order valence-electron chi connectivity index (χ3n) is 3.92. The van der Waals surface area contributed by atoms with Crippen molar-refractivity contribution in [3.05, 3.63) is 53.4 Å². The van der Waals surface area contributed by atoms with Crippen LogP contribution in [0.4, 0.5) is 5.69 Å². The van der Waals surface area contributed by atoms with E-state index in [0.717, 1.165) is 18.8 Å². The van der Waals surface area contributed by atoms with Gasteiger partial charge in [0.2, 0.25) is 0 Å². The van der Waals surface area contributed by atoms with Crippen molar-refractivity contribution in [1.29, 1.82) is 0 Å². The Labute approximate surface area is 133 Å². The van der Waals surface area contributed by atoms with Gasteiger partial charge in [0.05, 0.1) is 6.26 Å². The summed E-state index contributed by atoms with van der Waals surface area (Å²) in [6, 6.07) is 10.4. The lowest BCUT2D eigenvalue weighted by Gasteiger charge is -2.38. The molecule has 1 atom stereocenters. The number of piperazine rings is 1. The molecule has 1 fully saturated rings. The van der Waals surface area contributed by atoms with Gasteiger partial charge < -0.3 is 14.4 Å². The summed E-state index contributed by atoms with van der Waals surface area (Å²) in [5, 5.41) is 10.2. The van der Waals surface area contributed by atoms with E-state index in [9.17, 15) is 9.90 Å². The van der Waals surface area contributed by atoms with Gasteiger partial charge in [0.25, 0.3) is 0 Å². The fraction of sp³-hybridized carbons (Fsp3) is 0.312. The van der Waals surface area contributed by atoms with Crippen LogP contribution in [-0.4, -0.2) is 42.2 Å². The van der Waals surface area contributed by atoms with E-state index in [-0.39, 0.29) is 0 Å². The number of rotatable bonds is 4. The van der Waals surface area contributed by atoms with Gasteiger partial charge in [-0.3, -0.25) is 9.69 Å². The second kappa shape index (κ2) is 6.42. The summed E-state index contributed by atoms with van der Waals surface area (Å²) in [6.07, 6.45) is 1.51. The van der Waals surface area contributed by atoms with Crippen LogP contribution in [0, 0.1) is 0 Å². The number of anilines is 1. The molecule has 1 aliphatic rings. The number of hydrogen-bond acceptors (Lipinski definition) is 4. The molecule has 116 valence electrons. The minimum absolute atomic E-state index is 0.479. The highest BCUT2D eigenvalue weighted by Gasteiger charge is 2.32. The second-order valence-corrected chi connectivity index (χ2v) is 5.69. The number of benzene rings is 1. The summed E-state index contributed by atoms with van der Waals surface area (Å²) in [6.45, 7) is 2.87. The van der Waals surface area contributed by atoms with E-state index in [0.29, 0.717) is 23.9 Å². The smallest absolute Gasteiger partial charge is 0.328 e. The maximum atomic E-state index is 11.6. The molecular weight excluding hydrogens is 304 g/mol. The number of nitrogens with zero attached hydrogens (tertiary/aromatic N) is 2. The lowest BCUT2D eigenvalue weighted by molar-refractivity contribution is -0.144. The molecular formula is C16H17ClN2O3. The standard InChI is InChI=1S/C16H17ClN2O3/c17-12-3-5-13(6-4-12)18-7-9-19(10-8-18)15(16(20)21)14-2-1-11-22-14/h1-6,11,15H,7-10H2,(H,20,21)/t15-/m0/s1. The lowest BCUT2D eigenvalue weighted by Crippen LogP contribution is -2.49. The van der Waals surface area contributed by atoms with Crippen molar-refractivity contribution in [3.8, 4) is 0 Å². The van der Waals surface area contributed by atoms with Gasteiger partial charge in [-0.05, 0) is 36.4 Å². The Bertz CT molecular complexity index is 619. The van der Waals surface area contributed by atoms with Crippen molar-refractivity contribution in [2.75, 3.05) is 31.1 Å². The van der Waals surface area contributed by atoms with Gasteiger partial charge in [0, 0.05) is 36.9 Å². The predicted octanol–water partition coefficient (Wildman–Crippen LogP) is 2.88. The first kappa shape index (κ1) is 14.9. The van der Waals surface area contributed by atoms with Crippen LogP contribution in [0.25, 0.3) is 0 Å². The van der Waals surface area contributed by atoms with E-state index in [1.54, 1.807) is 12.1 Å². The molecule has 5 nitrogen and oxygen atoms in total. The predicted molar refractivity (Wildman–Crippen MR) is 84.3 cm³/mol.